The molecule has 2 heterocycles. The number of thiophene rings is 1. The standard InChI is InChI=1S/C16H17NOS2/c1-10-5-4-6-15-13(10)7-16(20-15)14(18)8-17-9-19-12(3)11(17)2/h4-7H,8-9H2,1-3H3. The zero-order chi connectivity index (χ0) is 14.3. The molecule has 0 radical (unpaired) electrons. The normalized spacial score (nSPS) is 15.4. The predicted molar refractivity (Wildman–Crippen MR) is 88.4 cm³/mol. The molecule has 1 aromatic carbocycles. The van der Waals surface area contributed by atoms with Crippen molar-refractivity contribution in [3.63, 3.8) is 0 Å². The minimum atomic E-state index is 0.222. The van der Waals surface area contributed by atoms with Crippen molar-refractivity contribution in [2.24, 2.45) is 0 Å². The van der Waals surface area contributed by atoms with E-state index in [1.807, 2.05) is 17.8 Å². The van der Waals surface area contributed by atoms with E-state index in [0.717, 1.165) is 10.8 Å². The van der Waals surface area contributed by atoms with E-state index in [1.54, 1.807) is 11.3 Å². The van der Waals surface area contributed by atoms with E-state index in [1.165, 1.54) is 26.3 Å². The first kappa shape index (κ1) is 13.7. The Hall–Kier alpha value is -1.26. The highest BCUT2D eigenvalue weighted by Gasteiger charge is 2.21. The van der Waals surface area contributed by atoms with Gasteiger partial charge in [0.2, 0.25) is 0 Å². The number of thioether (sulfide) groups is 1. The summed E-state index contributed by atoms with van der Waals surface area (Å²) in [5.74, 6) is 1.12. The number of allylic oxidation sites excluding steroid dienone is 2. The second kappa shape index (κ2) is 5.26. The average Bonchev–Trinajstić information content (AvgIpc) is 2.99. The van der Waals surface area contributed by atoms with Crippen molar-refractivity contribution < 1.29 is 4.79 Å². The van der Waals surface area contributed by atoms with Crippen LogP contribution in [0.25, 0.3) is 10.1 Å². The summed E-state index contributed by atoms with van der Waals surface area (Å²) in [6.45, 7) is 6.80. The van der Waals surface area contributed by atoms with Crippen molar-refractivity contribution in [3.8, 4) is 0 Å². The highest BCUT2D eigenvalue weighted by Crippen LogP contribution is 2.32. The first-order chi connectivity index (χ1) is 9.56. The lowest BCUT2D eigenvalue weighted by molar-refractivity contribution is 0.0962. The van der Waals surface area contributed by atoms with Crippen LogP contribution in [-0.2, 0) is 0 Å². The maximum atomic E-state index is 12.5. The van der Waals surface area contributed by atoms with E-state index in [9.17, 15) is 4.79 Å². The fourth-order valence-electron chi connectivity index (χ4n) is 2.36. The number of Topliss-reactive ketones (excluding diaryl/α,β-unsaturated/α-hetero) is 1. The van der Waals surface area contributed by atoms with Crippen LogP contribution in [0.5, 0.6) is 0 Å². The summed E-state index contributed by atoms with van der Waals surface area (Å²) in [5, 5.41) is 1.21. The van der Waals surface area contributed by atoms with Crippen molar-refractivity contribution in [3.05, 3.63) is 45.3 Å². The third-order valence-electron chi connectivity index (χ3n) is 3.81. The van der Waals surface area contributed by atoms with E-state index in [2.05, 4.69) is 43.9 Å². The van der Waals surface area contributed by atoms with Gasteiger partial charge in [-0.1, -0.05) is 12.1 Å². The van der Waals surface area contributed by atoms with E-state index in [0.29, 0.717) is 6.54 Å². The lowest BCUT2D eigenvalue weighted by Gasteiger charge is -2.17. The zero-order valence-electron chi connectivity index (χ0n) is 11.9. The zero-order valence-corrected chi connectivity index (χ0v) is 13.5. The maximum Gasteiger partial charge on any atom is 0.192 e. The third-order valence-corrected chi connectivity index (χ3v) is 6.12. The van der Waals surface area contributed by atoms with Crippen LogP contribution >= 0.6 is 23.1 Å². The van der Waals surface area contributed by atoms with Crippen LogP contribution in [0.2, 0.25) is 0 Å². The Morgan fingerprint density at radius 3 is 2.75 bits per heavy atom. The van der Waals surface area contributed by atoms with Crippen molar-refractivity contribution in [2.45, 2.75) is 20.8 Å². The molecule has 1 aliphatic rings. The molecule has 2 aromatic rings. The number of ketones is 1. The van der Waals surface area contributed by atoms with E-state index >= 15 is 0 Å². The molecule has 0 N–H and O–H groups in total. The van der Waals surface area contributed by atoms with Gasteiger partial charge in [0, 0.05) is 15.3 Å². The molecular weight excluding hydrogens is 286 g/mol. The van der Waals surface area contributed by atoms with Gasteiger partial charge in [-0.2, -0.15) is 0 Å². The summed E-state index contributed by atoms with van der Waals surface area (Å²) in [6.07, 6.45) is 0. The molecule has 20 heavy (non-hydrogen) atoms. The molecule has 0 spiro atoms. The Labute approximate surface area is 127 Å². The number of carbonyl (C=O) groups is 1. The number of fused-ring (bicyclic) bond motifs is 1. The molecule has 3 rings (SSSR count). The van der Waals surface area contributed by atoms with Crippen molar-refractivity contribution in [1.82, 2.24) is 4.90 Å². The summed E-state index contributed by atoms with van der Waals surface area (Å²) in [5.41, 5.74) is 2.47. The third kappa shape index (κ3) is 2.38. The van der Waals surface area contributed by atoms with Gasteiger partial charge in [0.15, 0.2) is 5.78 Å². The predicted octanol–water partition coefficient (Wildman–Crippen LogP) is 4.65. The number of nitrogens with zero attached hydrogens (tertiary/aromatic N) is 1. The monoisotopic (exact) mass is 303 g/mol. The van der Waals surface area contributed by atoms with Crippen molar-refractivity contribution >= 4 is 39.0 Å². The molecule has 0 fully saturated rings. The molecule has 0 aliphatic carbocycles. The Bertz CT molecular complexity index is 714. The van der Waals surface area contributed by atoms with Crippen LogP contribution < -0.4 is 0 Å². The molecular formula is C16H17NOS2. The number of benzene rings is 1. The van der Waals surface area contributed by atoms with Crippen molar-refractivity contribution in [1.29, 1.82) is 0 Å². The molecule has 0 saturated carbocycles. The lowest BCUT2D eigenvalue weighted by Crippen LogP contribution is -2.25. The van der Waals surface area contributed by atoms with Crippen LogP contribution in [0, 0.1) is 6.92 Å². The number of aryl methyl sites for hydroxylation is 1. The van der Waals surface area contributed by atoms with Crippen LogP contribution in [0.15, 0.2) is 34.9 Å². The van der Waals surface area contributed by atoms with Crippen LogP contribution in [0.4, 0.5) is 0 Å². The topological polar surface area (TPSA) is 20.3 Å². The Balaban J connectivity index is 1.85. The Morgan fingerprint density at radius 2 is 2.10 bits per heavy atom. The molecule has 0 amide bonds. The fraction of sp³-hybridized carbons (Fsp3) is 0.312. The van der Waals surface area contributed by atoms with Crippen LogP contribution in [0.1, 0.15) is 29.1 Å². The first-order valence-electron chi connectivity index (χ1n) is 6.64. The lowest BCUT2D eigenvalue weighted by atomic mass is 10.1. The summed E-state index contributed by atoms with van der Waals surface area (Å²) < 4.78 is 1.20. The average molecular weight is 303 g/mol. The highest BCUT2D eigenvalue weighted by molar-refractivity contribution is 8.03. The Morgan fingerprint density at radius 1 is 1.30 bits per heavy atom. The molecule has 104 valence electrons. The van der Waals surface area contributed by atoms with Gasteiger partial charge in [0.05, 0.1) is 17.3 Å². The molecule has 0 atom stereocenters. The summed E-state index contributed by atoms with van der Waals surface area (Å²) >= 11 is 3.42. The highest BCUT2D eigenvalue weighted by atomic mass is 32.2. The SMILES string of the molecule is CC1=C(C)N(CC(=O)c2cc3c(C)cccc3s2)CS1. The largest absolute Gasteiger partial charge is 0.357 e. The minimum Gasteiger partial charge on any atom is -0.357 e. The first-order valence-corrected chi connectivity index (χ1v) is 8.44. The maximum absolute atomic E-state index is 12.5. The second-order valence-corrected chi connectivity index (χ2v) is 7.38. The molecule has 1 aliphatic heterocycles. The van der Waals surface area contributed by atoms with Gasteiger partial charge in [0.25, 0.3) is 0 Å². The van der Waals surface area contributed by atoms with E-state index in [-0.39, 0.29) is 5.78 Å². The van der Waals surface area contributed by atoms with Crippen LogP contribution in [0.3, 0.4) is 0 Å². The van der Waals surface area contributed by atoms with Gasteiger partial charge >= 0.3 is 0 Å². The molecule has 0 bridgehead atoms. The number of rotatable bonds is 3. The van der Waals surface area contributed by atoms with Gasteiger partial charge in [-0.3, -0.25) is 4.79 Å². The number of carbonyl (C=O) groups excluding carboxylic acids is 1. The van der Waals surface area contributed by atoms with Gasteiger partial charge in [0.1, 0.15) is 0 Å². The second-order valence-electron chi connectivity index (χ2n) is 5.13. The molecule has 0 unspecified atom stereocenters. The van der Waals surface area contributed by atoms with Gasteiger partial charge in [-0.05, 0) is 43.9 Å². The number of hydrogen-bond donors (Lipinski definition) is 0. The van der Waals surface area contributed by atoms with Gasteiger partial charge in [-0.15, -0.1) is 23.1 Å². The quantitative estimate of drug-likeness (QED) is 0.770. The van der Waals surface area contributed by atoms with E-state index in [4.69, 9.17) is 0 Å². The summed E-state index contributed by atoms with van der Waals surface area (Å²) in [4.78, 5) is 16.8. The summed E-state index contributed by atoms with van der Waals surface area (Å²) in [7, 11) is 0. The van der Waals surface area contributed by atoms with Gasteiger partial charge in [-0.25, -0.2) is 0 Å². The minimum absolute atomic E-state index is 0.222. The molecule has 0 saturated heterocycles. The molecule has 4 heteroatoms. The molecule has 2 nitrogen and oxygen atoms in total. The van der Waals surface area contributed by atoms with Gasteiger partial charge < -0.3 is 4.90 Å². The molecule has 1 aromatic heterocycles. The van der Waals surface area contributed by atoms with Crippen LogP contribution in [-0.4, -0.2) is 23.1 Å². The van der Waals surface area contributed by atoms with Crippen molar-refractivity contribution in [2.75, 3.05) is 12.4 Å². The fourth-order valence-corrected chi connectivity index (χ4v) is 4.40. The number of hydrogen-bond acceptors (Lipinski definition) is 4. The van der Waals surface area contributed by atoms with E-state index < -0.39 is 0 Å². The Kier molecular flexibility index (Phi) is 3.61. The summed E-state index contributed by atoms with van der Waals surface area (Å²) in [6, 6.07) is 8.28. The smallest absolute Gasteiger partial charge is 0.192 e.